The van der Waals surface area contributed by atoms with Gasteiger partial charge in [0, 0.05) is 38.4 Å². The highest BCUT2D eigenvalue weighted by atomic mass is 32.2. The maximum absolute atomic E-state index is 12.4. The Bertz CT molecular complexity index is 644. The van der Waals surface area contributed by atoms with Crippen LogP contribution in [0.1, 0.15) is 24.2 Å². The van der Waals surface area contributed by atoms with Crippen LogP contribution in [0.15, 0.2) is 18.3 Å². The molecule has 0 unspecified atom stereocenters. The minimum Gasteiger partial charge on any atom is -0.369 e. The molecule has 0 aliphatic carbocycles. The molecule has 1 aliphatic heterocycles. The summed E-state index contributed by atoms with van der Waals surface area (Å²) in [7, 11) is -0.915. The summed E-state index contributed by atoms with van der Waals surface area (Å²) in [6, 6.07) is 4.00. The van der Waals surface area contributed by atoms with Gasteiger partial charge in [-0.1, -0.05) is 0 Å². The van der Waals surface area contributed by atoms with Gasteiger partial charge in [0.1, 0.15) is 5.82 Å². The van der Waals surface area contributed by atoms with E-state index in [0.29, 0.717) is 11.6 Å². The van der Waals surface area contributed by atoms with Gasteiger partial charge in [0.05, 0.1) is 17.1 Å². The van der Waals surface area contributed by atoms with Gasteiger partial charge in [-0.2, -0.15) is 0 Å². The van der Waals surface area contributed by atoms with E-state index in [-0.39, 0.29) is 30.5 Å². The maximum atomic E-state index is 12.4. The molecule has 1 aromatic rings. The molecule has 1 fully saturated rings. The van der Waals surface area contributed by atoms with Crippen molar-refractivity contribution >= 4 is 21.6 Å². The number of pyridine rings is 1. The van der Waals surface area contributed by atoms with Gasteiger partial charge in [-0.05, 0) is 33.0 Å². The molecular formula is C16H26N4O3S. The van der Waals surface area contributed by atoms with Crippen LogP contribution in [0.4, 0.5) is 5.82 Å². The Morgan fingerprint density at radius 2 is 2.00 bits per heavy atom. The lowest BCUT2D eigenvalue weighted by molar-refractivity contribution is 0.0770. The summed E-state index contributed by atoms with van der Waals surface area (Å²) in [5.74, 6) is 0.637. The maximum Gasteiger partial charge on any atom is 0.255 e. The second-order valence-electron chi connectivity index (χ2n) is 6.38. The van der Waals surface area contributed by atoms with Crippen LogP contribution in [0.5, 0.6) is 0 Å². The number of nitrogens with zero attached hydrogens (tertiary/aromatic N) is 3. The van der Waals surface area contributed by atoms with E-state index in [1.54, 1.807) is 23.2 Å². The smallest absolute Gasteiger partial charge is 0.255 e. The Balaban J connectivity index is 1.86. The summed E-state index contributed by atoms with van der Waals surface area (Å²) in [6.45, 7) is 6.47. The van der Waals surface area contributed by atoms with E-state index in [0.717, 1.165) is 18.9 Å². The fourth-order valence-corrected chi connectivity index (χ4v) is 3.54. The minimum atomic E-state index is -2.99. The predicted molar refractivity (Wildman–Crippen MR) is 95.1 cm³/mol. The summed E-state index contributed by atoms with van der Waals surface area (Å²) in [6.07, 6.45) is 1.54. The first kappa shape index (κ1) is 18.7. The number of likely N-dealkylation sites (N-methyl/N-ethyl adjacent to an activating group) is 1. The minimum absolute atomic E-state index is 0.0369. The molecule has 24 heavy (non-hydrogen) atoms. The van der Waals surface area contributed by atoms with Crippen LogP contribution in [0, 0.1) is 0 Å². The topological polar surface area (TPSA) is 82.6 Å². The Kier molecular flexibility index (Phi) is 6.17. The van der Waals surface area contributed by atoms with Crippen LogP contribution in [0.2, 0.25) is 0 Å². The van der Waals surface area contributed by atoms with Crippen molar-refractivity contribution in [3.05, 3.63) is 23.9 Å². The molecule has 1 aromatic heterocycles. The molecule has 8 heteroatoms. The highest BCUT2D eigenvalue weighted by Crippen LogP contribution is 2.11. The number of nitrogens with one attached hydrogen (secondary N) is 1. The summed E-state index contributed by atoms with van der Waals surface area (Å²) in [4.78, 5) is 20.4. The number of amides is 1. The van der Waals surface area contributed by atoms with Crippen molar-refractivity contribution in [3.63, 3.8) is 0 Å². The van der Waals surface area contributed by atoms with Gasteiger partial charge in [0.25, 0.3) is 5.91 Å². The number of rotatable bonds is 6. The van der Waals surface area contributed by atoms with E-state index >= 15 is 0 Å². The van der Waals surface area contributed by atoms with Crippen molar-refractivity contribution < 1.29 is 13.2 Å². The number of sulfone groups is 1. The van der Waals surface area contributed by atoms with Crippen molar-refractivity contribution in [2.75, 3.05) is 50.0 Å². The molecule has 0 spiro atoms. The number of hydrogen-bond acceptors (Lipinski definition) is 6. The van der Waals surface area contributed by atoms with Gasteiger partial charge in [-0.25, -0.2) is 13.4 Å². The standard InChI is InChI=1S/C16H26N4O3S/c1-13(2)19(3)7-6-17-15-5-4-14(12-18-15)16(21)20-8-10-24(22,23)11-9-20/h4-5,12-13H,6-11H2,1-3H3,(H,17,18). The monoisotopic (exact) mass is 354 g/mol. The fourth-order valence-electron chi connectivity index (χ4n) is 2.34. The highest BCUT2D eigenvalue weighted by Gasteiger charge is 2.25. The largest absolute Gasteiger partial charge is 0.369 e. The molecule has 1 N–H and O–H groups in total. The van der Waals surface area contributed by atoms with Crippen molar-refractivity contribution in [1.82, 2.24) is 14.8 Å². The van der Waals surface area contributed by atoms with Crippen molar-refractivity contribution in [1.29, 1.82) is 0 Å². The second kappa shape index (κ2) is 7.94. The normalized spacial score (nSPS) is 17.3. The van der Waals surface area contributed by atoms with E-state index in [2.05, 4.69) is 36.1 Å². The molecule has 1 saturated heterocycles. The van der Waals surface area contributed by atoms with Crippen LogP contribution in [-0.2, 0) is 9.84 Å². The summed E-state index contributed by atoms with van der Waals surface area (Å²) in [5.41, 5.74) is 0.485. The molecule has 0 saturated carbocycles. The Labute approximate surface area is 144 Å². The first-order chi connectivity index (χ1) is 11.3. The van der Waals surface area contributed by atoms with Crippen LogP contribution in [-0.4, -0.2) is 79.9 Å². The van der Waals surface area contributed by atoms with Crippen LogP contribution in [0.25, 0.3) is 0 Å². The van der Waals surface area contributed by atoms with Crippen LogP contribution < -0.4 is 5.32 Å². The summed E-state index contributed by atoms with van der Waals surface area (Å²) in [5, 5.41) is 3.23. The Hall–Kier alpha value is -1.67. The van der Waals surface area contributed by atoms with Gasteiger partial charge in [0.15, 0.2) is 9.84 Å². The average molecular weight is 354 g/mol. The van der Waals surface area contributed by atoms with E-state index in [4.69, 9.17) is 0 Å². The van der Waals surface area contributed by atoms with Gasteiger partial charge >= 0.3 is 0 Å². The van der Waals surface area contributed by atoms with E-state index in [1.165, 1.54) is 0 Å². The Morgan fingerprint density at radius 1 is 1.33 bits per heavy atom. The van der Waals surface area contributed by atoms with Crippen LogP contribution in [0.3, 0.4) is 0 Å². The molecular weight excluding hydrogens is 328 g/mol. The molecule has 0 radical (unpaired) electrons. The van der Waals surface area contributed by atoms with Gasteiger partial charge in [-0.3, -0.25) is 4.79 Å². The lowest BCUT2D eigenvalue weighted by Gasteiger charge is -2.26. The average Bonchev–Trinajstić information content (AvgIpc) is 2.54. The SMILES string of the molecule is CC(C)N(C)CCNc1ccc(C(=O)N2CCS(=O)(=O)CC2)cn1. The van der Waals surface area contributed by atoms with E-state index in [9.17, 15) is 13.2 Å². The molecule has 0 bridgehead atoms. The number of carbonyl (C=O) groups excluding carboxylic acids is 1. The van der Waals surface area contributed by atoms with Crippen molar-refractivity contribution in [2.24, 2.45) is 0 Å². The lowest BCUT2D eigenvalue weighted by atomic mass is 10.2. The third-order valence-corrected chi connectivity index (χ3v) is 5.90. The fraction of sp³-hybridized carbons (Fsp3) is 0.625. The third kappa shape index (κ3) is 5.17. The summed E-state index contributed by atoms with van der Waals surface area (Å²) < 4.78 is 22.9. The predicted octanol–water partition coefficient (Wildman–Crippen LogP) is 0.704. The Morgan fingerprint density at radius 3 is 2.54 bits per heavy atom. The molecule has 0 atom stereocenters. The molecule has 7 nitrogen and oxygen atoms in total. The number of carbonyl (C=O) groups is 1. The lowest BCUT2D eigenvalue weighted by Crippen LogP contribution is -2.43. The number of anilines is 1. The number of hydrogen-bond donors (Lipinski definition) is 1. The van der Waals surface area contributed by atoms with Crippen molar-refractivity contribution in [2.45, 2.75) is 19.9 Å². The molecule has 2 rings (SSSR count). The molecule has 1 aliphatic rings. The first-order valence-electron chi connectivity index (χ1n) is 8.18. The van der Waals surface area contributed by atoms with Gasteiger partial charge < -0.3 is 15.1 Å². The first-order valence-corrected chi connectivity index (χ1v) is 10.0. The highest BCUT2D eigenvalue weighted by molar-refractivity contribution is 7.91. The molecule has 134 valence electrons. The van der Waals surface area contributed by atoms with Gasteiger partial charge in [-0.15, -0.1) is 0 Å². The van der Waals surface area contributed by atoms with E-state index < -0.39 is 9.84 Å². The van der Waals surface area contributed by atoms with Gasteiger partial charge in [0.2, 0.25) is 0 Å². The zero-order valence-corrected chi connectivity index (χ0v) is 15.3. The number of aromatic nitrogens is 1. The second-order valence-corrected chi connectivity index (χ2v) is 8.68. The third-order valence-electron chi connectivity index (χ3n) is 4.29. The van der Waals surface area contributed by atoms with E-state index in [1.807, 2.05) is 0 Å². The van der Waals surface area contributed by atoms with Crippen molar-refractivity contribution in [3.8, 4) is 0 Å². The van der Waals surface area contributed by atoms with Crippen LogP contribution >= 0.6 is 0 Å². The summed E-state index contributed by atoms with van der Waals surface area (Å²) >= 11 is 0. The zero-order chi connectivity index (χ0) is 17.7. The zero-order valence-electron chi connectivity index (χ0n) is 14.5. The molecule has 0 aromatic carbocycles. The molecule has 2 heterocycles. The quantitative estimate of drug-likeness (QED) is 0.810. The molecule has 1 amide bonds.